The lowest BCUT2D eigenvalue weighted by Crippen LogP contribution is -2.62. The normalized spacial score (nSPS) is 43.2. The third-order valence-electron chi connectivity index (χ3n) is 4.71. The first-order valence-electron chi connectivity index (χ1n) is 6.42. The van der Waals surface area contributed by atoms with Crippen LogP contribution in [0.3, 0.4) is 0 Å². The molecule has 0 aromatic rings. The Morgan fingerprint density at radius 1 is 1.00 bits per heavy atom. The Kier molecular flexibility index (Phi) is 2.49. The second kappa shape index (κ2) is 3.72. The predicted molar refractivity (Wildman–Crippen MR) is 61.4 cm³/mol. The minimum Gasteiger partial charge on any atom is -0.297 e. The minimum atomic E-state index is 0.846. The summed E-state index contributed by atoms with van der Waals surface area (Å²) in [5.41, 5.74) is 3.22. The topological polar surface area (TPSA) is 18.5 Å². The van der Waals surface area contributed by atoms with Crippen molar-refractivity contribution >= 4 is 0 Å². The monoisotopic (exact) mass is 209 g/mol. The van der Waals surface area contributed by atoms with E-state index in [2.05, 4.69) is 22.3 Å². The van der Waals surface area contributed by atoms with Crippen LogP contribution in [0.15, 0.2) is 0 Å². The first-order valence-corrected chi connectivity index (χ1v) is 6.42. The molecule has 2 aliphatic heterocycles. The second-order valence-electron chi connectivity index (χ2n) is 5.83. The molecule has 1 saturated carbocycles. The fourth-order valence-electron chi connectivity index (χ4n) is 3.81. The van der Waals surface area contributed by atoms with E-state index in [-0.39, 0.29) is 0 Å². The molecule has 3 heteroatoms. The Balaban J connectivity index is 1.51. The van der Waals surface area contributed by atoms with E-state index >= 15 is 0 Å². The second-order valence-corrected chi connectivity index (χ2v) is 5.83. The van der Waals surface area contributed by atoms with Gasteiger partial charge in [0, 0.05) is 32.2 Å². The van der Waals surface area contributed by atoms with Crippen LogP contribution >= 0.6 is 0 Å². The highest BCUT2D eigenvalue weighted by molar-refractivity contribution is 4.96. The SMILES string of the molecule is CNN1CC(N2CC3CC(C)CC3C2)C1. The molecule has 3 fully saturated rings. The van der Waals surface area contributed by atoms with Crippen LogP contribution in [0.1, 0.15) is 19.8 Å². The molecule has 2 heterocycles. The molecule has 3 rings (SSSR count). The fraction of sp³-hybridized carbons (Fsp3) is 1.00. The maximum atomic E-state index is 3.22. The maximum Gasteiger partial charge on any atom is 0.0378 e. The first kappa shape index (κ1) is 10.1. The summed E-state index contributed by atoms with van der Waals surface area (Å²) < 4.78 is 0. The van der Waals surface area contributed by atoms with Crippen LogP contribution in [0.2, 0.25) is 0 Å². The van der Waals surface area contributed by atoms with Gasteiger partial charge in [-0.3, -0.25) is 10.3 Å². The lowest BCUT2D eigenvalue weighted by Gasteiger charge is -2.43. The Labute approximate surface area is 92.8 Å². The van der Waals surface area contributed by atoms with Gasteiger partial charge in [0.2, 0.25) is 0 Å². The lowest BCUT2D eigenvalue weighted by atomic mass is 10.0. The third-order valence-corrected chi connectivity index (χ3v) is 4.71. The molecule has 0 radical (unpaired) electrons. The summed E-state index contributed by atoms with van der Waals surface area (Å²) in [6.45, 7) is 7.65. The van der Waals surface area contributed by atoms with E-state index in [4.69, 9.17) is 0 Å². The summed E-state index contributed by atoms with van der Waals surface area (Å²) in [6, 6.07) is 0.846. The summed E-state index contributed by atoms with van der Waals surface area (Å²) >= 11 is 0. The van der Waals surface area contributed by atoms with Gasteiger partial charge >= 0.3 is 0 Å². The van der Waals surface area contributed by atoms with Gasteiger partial charge in [-0.2, -0.15) is 0 Å². The number of hydrogen-bond donors (Lipinski definition) is 1. The van der Waals surface area contributed by atoms with Gasteiger partial charge in [0.1, 0.15) is 0 Å². The number of likely N-dealkylation sites (tertiary alicyclic amines) is 1. The van der Waals surface area contributed by atoms with Gasteiger partial charge < -0.3 is 0 Å². The Bertz CT molecular complexity index is 223. The molecule has 86 valence electrons. The van der Waals surface area contributed by atoms with Gasteiger partial charge in [-0.1, -0.05) is 6.92 Å². The number of nitrogens with one attached hydrogen (secondary N) is 1. The van der Waals surface area contributed by atoms with Crippen molar-refractivity contribution in [3.05, 3.63) is 0 Å². The van der Waals surface area contributed by atoms with E-state index in [1.165, 1.54) is 39.0 Å². The van der Waals surface area contributed by atoms with Crippen molar-refractivity contribution in [2.75, 3.05) is 33.2 Å². The Morgan fingerprint density at radius 3 is 2.13 bits per heavy atom. The quantitative estimate of drug-likeness (QED) is 0.725. The number of nitrogens with zero attached hydrogens (tertiary/aromatic N) is 2. The number of fused-ring (bicyclic) bond motifs is 1. The van der Waals surface area contributed by atoms with E-state index in [1.807, 2.05) is 7.05 Å². The summed E-state index contributed by atoms with van der Waals surface area (Å²) in [7, 11) is 2.02. The molecule has 1 aliphatic carbocycles. The van der Waals surface area contributed by atoms with E-state index in [0.29, 0.717) is 0 Å². The number of hydrogen-bond acceptors (Lipinski definition) is 3. The van der Waals surface area contributed by atoms with E-state index < -0.39 is 0 Å². The largest absolute Gasteiger partial charge is 0.297 e. The lowest BCUT2D eigenvalue weighted by molar-refractivity contribution is 0.0118. The molecule has 15 heavy (non-hydrogen) atoms. The van der Waals surface area contributed by atoms with E-state index in [0.717, 1.165) is 23.8 Å². The van der Waals surface area contributed by atoms with Gasteiger partial charge in [-0.25, -0.2) is 5.01 Å². The summed E-state index contributed by atoms with van der Waals surface area (Å²) in [4.78, 5) is 2.75. The van der Waals surface area contributed by atoms with Crippen LogP contribution in [0.5, 0.6) is 0 Å². The highest BCUT2D eigenvalue weighted by Gasteiger charge is 2.43. The molecule has 0 amide bonds. The number of hydrazine groups is 1. The van der Waals surface area contributed by atoms with E-state index in [1.54, 1.807) is 0 Å². The van der Waals surface area contributed by atoms with Gasteiger partial charge in [-0.15, -0.1) is 0 Å². The summed E-state index contributed by atoms with van der Waals surface area (Å²) in [5.74, 6) is 3.06. The van der Waals surface area contributed by atoms with Gasteiger partial charge in [0.15, 0.2) is 0 Å². The van der Waals surface area contributed by atoms with Crippen molar-refractivity contribution in [2.24, 2.45) is 17.8 Å². The number of rotatable bonds is 2. The van der Waals surface area contributed by atoms with Crippen molar-refractivity contribution in [3.63, 3.8) is 0 Å². The molecule has 1 N–H and O–H groups in total. The average Bonchev–Trinajstić information content (AvgIpc) is 2.59. The molecule has 2 unspecified atom stereocenters. The molecule has 3 aliphatic rings. The molecular weight excluding hydrogens is 186 g/mol. The summed E-state index contributed by atoms with van der Waals surface area (Å²) in [5, 5.41) is 2.31. The van der Waals surface area contributed by atoms with Crippen molar-refractivity contribution in [3.8, 4) is 0 Å². The molecule has 0 aromatic heterocycles. The molecule has 3 nitrogen and oxygen atoms in total. The fourth-order valence-corrected chi connectivity index (χ4v) is 3.81. The van der Waals surface area contributed by atoms with Gasteiger partial charge in [0.05, 0.1) is 0 Å². The van der Waals surface area contributed by atoms with Crippen molar-refractivity contribution in [1.29, 1.82) is 0 Å². The summed E-state index contributed by atoms with van der Waals surface area (Å²) in [6.07, 6.45) is 2.98. The highest BCUT2D eigenvalue weighted by Crippen LogP contribution is 2.42. The smallest absolute Gasteiger partial charge is 0.0378 e. The molecule has 0 bridgehead atoms. The van der Waals surface area contributed by atoms with Crippen LogP contribution in [-0.2, 0) is 0 Å². The Morgan fingerprint density at radius 2 is 1.60 bits per heavy atom. The standard InChI is InChI=1S/C12H23N3/c1-9-3-10-5-14(6-11(10)4-9)12-7-15(8-12)13-2/h9-13H,3-8H2,1-2H3. The van der Waals surface area contributed by atoms with Crippen molar-refractivity contribution in [1.82, 2.24) is 15.3 Å². The zero-order valence-electron chi connectivity index (χ0n) is 9.95. The average molecular weight is 209 g/mol. The zero-order valence-corrected chi connectivity index (χ0v) is 9.95. The van der Waals surface area contributed by atoms with Crippen LogP contribution in [-0.4, -0.2) is 49.2 Å². The van der Waals surface area contributed by atoms with Crippen LogP contribution in [0.25, 0.3) is 0 Å². The zero-order chi connectivity index (χ0) is 10.4. The third kappa shape index (κ3) is 1.71. The molecule has 0 spiro atoms. The first-order chi connectivity index (χ1) is 7.26. The van der Waals surface area contributed by atoms with Crippen LogP contribution < -0.4 is 5.43 Å². The van der Waals surface area contributed by atoms with Crippen LogP contribution in [0, 0.1) is 17.8 Å². The Hall–Kier alpha value is -0.120. The minimum absolute atomic E-state index is 0.846. The molecule has 2 saturated heterocycles. The maximum absolute atomic E-state index is 3.22. The van der Waals surface area contributed by atoms with Gasteiger partial charge in [0.25, 0.3) is 0 Å². The van der Waals surface area contributed by atoms with Gasteiger partial charge in [-0.05, 0) is 37.6 Å². The van der Waals surface area contributed by atoms with Crippen LogP contribution in [0.4, 0.5) is 0 Å². The molecule has 2 atom stereocenters. The van der Waals surface area contributed by atoms with Crippen molar-refractivity contribution < 1.29 is 0 Å². The van der Waals surface area contributed by atoms with Crippen molar-refractivity contribution in [2.45, 2.75) is 25.8 Å². The molecular formula is C12H23N3. The predicted octanol–water partition coefficient (Wildman–Crippen LogP) is 0.783. The van der Waals surface area contributed by atoms with E-state index in [9.17, 15) is 0 Å². The highest BCUT2D eigenvalue weighted by atomic mass is 15.5. The molecule has 0 aromatic carbocycles.